The highest BCUT2D eigenvalue weighted by atomic mass is 15.0. The van der Waals surface area contributed by atoms with E-state index in [1.165, 1.54) is 121 Å². The lowest BCUT2D eigenvalue weighted by Gasteiger charge is -2.42. The first-order valence-electron chi connectivity index (χ1n) is 23.8. The Hall–Kier alpha value is -7.56. The van der Waals surface area contributed by atoms with Crippen molar-refractivity contribution in [3.8, 4) is 33.6 Å². The summed E-state index contributed by atoms with van der Waals surface area (Å²) in [6, 6.07) is 52.1. The molecule has 3 aliphatic rings. The molecule has 0 spiro atoms. The van der Waals surface area contributed by atoms with E-state index in [4.69, 9.17) is 9.97 Å². The summed E-state index contributed by atoms with van der Waals surface area (Å²) < 4.78 is 5.14. The van der Waals surface area contributed by atoms with Gasteiger partial charge in [0, 0.05) is 39.8 Å². The van der Waals surface area contributed by atoms with Gasteiger partial charge in [-0.25, -0.2) is 0 Å². The highest BCUT2D eigenvalue weighted by Gasteiger charge is 2.43. The van der Waals surface area contributed by atoms with E-state index in [0.29, 0.717) is 11.8 Å². The third-order valence-corrected chi connectivity index (χ3v) is 16.2. The number of aromatic nitrogens is 4. The Morgan fingerprint density at radius 3 is 1.70 bits per heavy atom. The summed E-state index contributed by atoms with van der Waals surface area (Å²) in [7, 11) is 0. The highest BCUT2D eigenvalue weighted by Crippen LogP contribution is 2.61. The molecule has 4 aromatic heterocycles. The van der Waals surface area contributed by atoms with Crippen LogP contribution in [0.1, 0.15) is 96.9 Å². The lowest BCUT2D eigenvalue weighted by molar-refractivity contribution is 0.584. The molecule has 0 saturated heterocycles. The maximum atomic E-state index is 4.73. The van der Waals surface area contributed by atoms with Crippen LogP contribution in [-0.4, -0.2) is 19.1 Å². The maximum Gasteiger partial charge on any atom is 0.0645 e. The van der Waals surface area contributed by atoms with E-state index < -0.39 is 0 Å². The van der Waals surface area contributed by atoms with E-state index in [1.54, 1.807) is 0 Å². The Balaban J connectivity index is 1.09. The van der Waals surface area contributed by atoms with Gasteiger partial charge in [0.1, 0.15) is 0 Å². The van der Waals surface area contributed by atoms with Gasteiger partial charge in [-0.05, 0) is 168 Å². The molecule has 4 unspecified atom stereocenters. The number of fused-ring (bicyclic) bond motifs is 10. The van der Waals surface area contributed by atoms with Crippen LogP contribution in [-0.2, 0) is 6.42 Å². The van der Waals surface area contributed by atoms with E-state index in [2.05, 4.69) is 189 Å². The van der Waals surface area contributed by atoms with Crippen molar-refractivity contribution in [2.75, 3.05) is 0 Å². The normalized spacial score (nSPS) is 18.6. The van der Waals surface area contributed by atoms with Gasteiger partial charge in [-0.3, -0.25) is 9.97 Å². The number of pyridine rings is 2. The van der Waals surface area contributed by atoms with Gasteiger partial charge >= 0.3 is 0 Å². The van der Waals surface area contributed by atoms with Gasteiger partial charge in [0.15, 0.2) is 0 Å². The van der Waals surface area contributed by atoms with Crippen LogP contribution in [0.2, 0.25) is 0 Å². The molecule has 66 heavy (non-hydrogen) atoms. The van der Waals surface area contributed by atoms with Gasteiger partial charge in [-0.1, -0.05) is 119 Å². The third-order valence-electron chi connectivity index (χ3n) is 16.2. The van der Waals surface area contributed by atoms with Crippen LogP contribution < -0.4 is 0 Å². The van der Waals surface area contributed by atoms with Gasteiger partial charge < -0.3 is 9.13 Å². The average Bonchev–Trinajstić information content (AvgIpc) is 3.88. The average molecular weight is 849 g/mol. The van der Waals surface area contributed by atoms with Crippen LogP contribution in [0.25, 0.3) is 99.5 Å². The minimum atomic E-state index is 0.224. The fraction of sp³-hybridized carbons (Fsp3) is 0.161. The van der Waals surface area contributed by atoms with Gasteiger partial charge in [0.25, 0.3) is 0 Å². The second-order valence-electron chi connectivity index (χ2n) is 19.4. The fourth-order valence-corrected chi connectivity index (χ4v) is 12.8. The first kappa shape index (κ1) is 37.8. The van der Waals surface area contributed by atoms with Crippen molar-refractivity contribution in [2.24, 2.45) is 0 Å². The number of hydrogen-bond donors (Lipinski definition) is 0. The number of allylic oxidation sites excluding steroid dienone is 1. The summed E-state index contributed by atoms with van der Waals surface area (Å²) >= 11 is 0. The van der Waals surface area contributed by atoms with Crippen molar-refractivity contribution in [3.05, 3.63) is 203 Å². The van der Waals surface area contributed by atoms with Gasteiger partial charge in [0.05, 0.1) is 40.3 Å². The van der Waals surface area contributed by atoms with E-state index >= 15 is 0 Å². The summed E-state index contributed by atoms with van der Waals surface area (Å²) in [5, 5.41) is 9.15. The molecular formula is C62H48N4. The monoisotopic (exact) mass is 848 g/mol. The molecule has 4 nitrogen and oxygen atoms in total. The molecule has 4 heteroatoms. The molecule has 316 valence electrons. The molecule has 0 amide bonds. The lowest BCUT2D eigenvalue weighted by Crippen LogP contribution is -2.24. The molecule has 0 saturated carbocycles. The third kappa shape index (κ3) is 5.10. The van der Waals surface area contributed by atoms with Crippen molar-refractivity contribution in [3.63, 3.8) is 0 Å². The molecule has 0 aliphatic heterocycles. The summed E-state index contributed by atoms with van der Waals surface area (Å²) in [4.78, 5) is 9.44. The Morgan fingerprint density at radius 2 is 1.05 bits per heavy atom. The fourth-order valence-electron chi connectivity index (χ4n) is 12.8. The standard InChI is InChI=1S/C62H48N4/c1-35-36(2)50-32-54-52-30-42(48-22-10-16-40-14-6-8-20-46(40)48)24-26-56(52)66(44-18-12-28-64-34-44)62(54)58-38(4)37(3)57-59(60(50)58)49(35)31-53-51-29-41(47-21-9-15-39-13-5-7-19-45(39)47)23-25-55(51)65(61(53)57)43-17-11-27-63-33-43/h5-23,25,27-38H,24,26H2,1-4H3. The zero-order valence-corrected chi connectivity index (χ0v) is 37.7. The van der Waals surface area contributed by atoms with Crippen molar-refractivity contribution < 1.29 is 0 Å². The molecular weight excluding hydrogens is 801 g/mol. The quantitative estimate of drug-likeness (QED) is 0.177. The maximum absolute atomic E-state index is 4.73. The van der Waals surface area contributed by atoms with Crippen LogP contribution in [0.4, 0.5) is 0 Å². The van der Waals surface area contributed by atoms with E-state index in [9.17, 15) is 0 Å². The predicted octanol–water partition coefficient (Wildman–Crippen LogP) is 16.1. The van der Waals surface area contributed by atoms with E-state index in [0.717, 1.165) is 24.2 Å². The highest BCUT2D eigenvalue weighted by molar-refractivity contribution is 6.16. The number of nitrogens with zero attached hydrogens (tertiary/aromatic N) is 4. The first-order chi connectivity index (χ1) is 32.4. The second kappa shape index (κ2) is 14.0. The van der Waals surface area contributed by atoms with Crippen LogP contribution in [0.3, 0.4) is 0 Å². The second-order valence-corrected chi connectivity index (χ2v) is 19.4. The number of hydrogen-bond acceptors (Lipinski definition) is 2. The Morgan fingerprint density at radius 1 is 0.470 bits per heavy atom. The molecule has 4 heterocycles. The molecule has 0 N–H and O–H groups in total. The van der Waals surface area contributed by atoms with Crippen molar-refractivity contribution in [1.29, 1.82) is 0 Å². The van der Waals surface area contributed by atoms with Crippen LogP contribution in [0, 0.1) is 0 Å². The Labute approximate surface area is 384 Å². The van der Waals surface area contributed by atoms with E-state index in [1.807, 2.05) is 18.6 Å². The molecule has 14 rings (SSSR count). The molecule has 4 atom stereocenters. The van der Waals surface area contributed by atoms with Crippen molar-refractivity contribution in [1.82, 2.24) is 19.1 Å². The summed E-state index contributed by atoms with van der Waals surface area (Å²) in [5.74, 6) is 1.09. The Kier molecular flexibility index (Phi) is 8.00. The zero-order valence-electron chi connectivity index (χ0n) is 37.7. The Bertz CT molecular complexity index is 3880. The smallest absolute Gasteiger partial charge is 0.0645 e. The van der Waals surface area contributed by atoms with Gasteiger partial charge in [0.2, 0.25) is 0 Å². The van der Waals surface area contributed by atoms with Gasteiger partial charge in [-0.2, -0.15) is 0 Å². The zero-order chi connectivity index (χ0) is 43.9. The minimum absolute atomic E-state index is 0.224. The number of rotatable bonds is 4. The summed E-state index contributed by atoms with van der Waals surface area (Å²) in [6.07, 6.45) is 12.4. The largest absolute Gasteiger partial charge is 0.311 e. The van der Waals surface area contributed by atoms with E-state index in [-0.39, 0.29) is 11.8 Å². The molecule has 11 aromatic rings. The van der Waals surface area contributed by atoms with Crippen LogP contribution in [0.5, 0.6) is 0 Å². The van der Waals surface area contributed by atoms with Crippen LogP contribution in [0.15, 0.2) is 164 Å². The minimum Gasteiger partial charge on any atom is -0.311 e. The number of benzene rings is 7. The topological polar surface area (TPSA) is 35.6 Å². The first-order valence-corrected chi connectivity index (χ1v) is 23.8. The molecule has 7 aromatic carbocycles. The molecule has 3 aliphatic carbocycles. The SMILES string of the molecule is CC1c2cc3c4c(n(-c5cccnc5)c3c3c2-c2c(cc5c6cc(-c7cccc8ccccc78)ccc6n(-c6cccnc6)c5c2C(C)C3C)C1C)CCC(c1cccc2ccccc12)=C4. The van der Waals surface area contributed by atoms with Crippen LogP contribution >= 0.6 is 0 Å². The summed E-state index contributed by atoms with van der Waals surface area (Å²) in [5.41, 5.74) is 23.0. The van der Waals surface area contributed by atoms with Crippen molar-refractivity contribution >= 4 is 65.9 Å². The molecule has 0 radical (unpaired) electrons. The van der Waals surface area contributed by atoms with Crippen molar-refractivity contribution in [2.45, 2.75) is 64.2 Å². The lowest BCUT2D eigenvalue weighted by atomic mass is 9.62. The molecule has 0 bridgehead atoms. The predicted molar refractivity (Wildman–Crippen MR) is 275 cm³/mol. The summed E-state index contributed by atoms with van der Waals surface area (Å²) in [6.45, 7) is 9.99. The molecule has 0 fully saturated rings. The van der Waals surface area contributed by atoms with Gasteiger partial charge in [-0.15, -0.1) is 0 Å².